The Morgan fingerprint density at radius 3 is 2.11 bits per heavy atom. The predicted molar refractivity (Wildman–Crippen MR) is 78.7 cm³/mol. The van der Waals surface area contributed by atoms with Gasteiger partial charge in [-0.1, -0.05) is 27.7 Å². The molecule has 2 heteroatoms. The summed E-state index contributed by atoms with van der Waals surface area (Å²) >= 11 is 0. The highest BCUT2D eigenvalue weighted by Crippen LogP contribution is 2.47. The Morgan fingerprint density at radius 2 is 1.53 bits per heavy atom. The quantitative estimate of drug-likeness (QED) is 0.823. The topological polar surface area (TPSA) is 40.5 Å². The van der Waals surface area contributed by atoms with E-state index in [0.29, 0.717) is 29.6 Å². The zero-order valence-electron chi connectivity index (χ0n) is 13.0. The number of fused-ring (bicyclic) bond motifs is 1. The second-order valence-electron chi connectivity index (χ2n) is 7.77. The zero-order chi connectivity index (χ0) is 14.2. The molecule has 0 radical (unpaired) electrons. The van der Waals surface area contributed by atoms with Gasteiger partial charge in [-0.15, -0.1) is 0 Å². The minimum Gasteiger partial charge on any atom is -0.392 e. The van der Waals surface area contributed by atoms with Crippen LogP contribution in [0.5, 0.6) is 0 Å². The van der Waals surface area contributed by atoms with Crippen LogP contribution in [0.3, 0.4) is 0 Å². The van der Waals surface area contributed by atoms with Gasteiger partial charge in [0.25, 0.3) is 0 Å². The molecule has 0 bridgehead atoms. The van der Waals surface area contributed by atoms with Crippen molar-refractivity contribution in [1.29, 1.82) is 0 Å². The Labute approximate surface area is 118 Å². The SMILES string of the molecule is CC(C)C[C@@H]1CCC2CC[C@H](C(C)C)C(O)C2C1O. The van der Waals surface area contributed by atoms with Crippen molar-refractivity contribution in [2.45, 2.75) is 72.0 Å². The average molecular weight is 268 g/mol. The molecule has 0 heterocycles. The van der Waals surface area contributed by atoms with E-state index < -0.39 is 0 Å². The first-order valence-corrected chi connectivity index (χ1v) is 8.28. The van der Waals surface area contributed by atoms with Crippen molar-refractivity contribution in [3.63, 3.8) is 0 Å². The Balaban J connectivity index is 2.08. The van der Waals surface area contributed by atoms with Gasteiger partial charge in [0, 0.05) is 5.92 Å². The van der Waals surface area contributed by atoms with Crippen molar-refractivity contribution in [3.8, 4) is 0 Å². The fourth-order valence-electron chi connectivity index (χ4n) is 4.66. The average Bonchev–Trinajstić information content (AvgIpc) is 2.32. The number of aliphatic hydroxyl groups is 2. The van der Waals surface area contributed by atoms with E-state index in [1.165, 1.54) is 12.8 Å². The van der Waals surface area contributed by atoms with Crippen LogP contribution in [0.15, 0.2) is 0 Å². The highest BCUT2D eigenvalue weighted by molar-refractivity contribution is 4.97. The van der Waals surface area contributed by atoms with E-state index in [1.807, 2.05) is 0 Å². The fourth-order valence-corrected chi connectivity index (χ4v) is 4.66. The molecule has 2 rings (SSSR count). The number of aliphatic hydroxyl groups excluding tert-OH is 2. The van der Waals surface area contributed by atoms with Crippen LogP contribution in [0.1, 0.15) is 59.8 Å². The van der Waals surface area contributed by atoms with Crippen LogP contribution in [0.2, 0.25) is 0 Å². The smallest absolute Gasteiger partial charge is 0.0626 e. The molecule has 112 valence electrons. The molecule has 0 aromatic carbocycles. The maximum Gasteiger partial charge on any atom is 0.0626 e. The third-order valence-electron chi connectivity index (χ3n) is 5.66. The van der Waals surface area contributed by atoms with E-state index in [9.17, 15) is 10.2 Å². The summed E-state index contributed by atoms with van der Waals surface area (Å²) in [4.78, 5) is 0. The van der Waals surface area contributed by atoms with E-state index in [4.69, 9.17) is 0 Å². The molecule has 2 aliphatic rings. The molecule has 0 aromatic rings. The molecular formula is C17H32O2. The molecule has 19 heavy (non-hydrogen) atoms. The van der Waals surface area contributed by atoms with Gasteiger partial charge in [0.1, 0.15) is 0 Å². The molecule has 0 aliphatic heterocycles. The van der Waals surface area contributed by atoms with Gasteiger partial charge in [0.05, 0.1) is 12.2 Å². The van der Waals surface area contributed by atoms with Gasteiger partial charge in [-0.25, -0.2) is 0 Å². The molecule has 4 unspecified atom stereocenters. The molecule has 2 fully saturated rings. The largest absolute Gasteiger partial charge is 0.392 e. The summed E-state index contributed by atoms with van der Waals surface area (Å²) in [5.74, 6) is 2.64. The lowest BCUT2D eigenvalue weighted by atomic mass is 9.59. The van der Waals surface area contributed by atoms with Gasteiger partial charge < -0.3 is 10.2 Å². The first kappa shape index (κ1) is 15.3. The molecule has 2 saturated carbocycles. The van der Waals surface area contributed by atoms with Crippen LogP contribution in [0.25, 0.3) is 0 Å². The first-order valence-electron chi connectivity index (χ1n) is 8.28. The van der Waals surface area contributed by atoms with Gasteiger partial charge in [-0.05, 0) is 61.7 Å². The Morgan fingerprint density at radius 1 is 0.895 bits per heavy atom. The predicted octanol–water partition coefficient (Wildman–Crippen LogP) is 3.46. The third-order valence-corrected chi connectivity index (χ3v) is 5.66. The molecule has 0 aromatic heterocycles. The van der Waals surface area contributed by atoms with Gasteiger partial charge >= 0.3 is 0 Å². The molecular weight excluding hydrogens is 236 g/mol. The summed E-state index contributed by atoms with van der Waals surface area (Å²) in [7, 11) is 0. The summed E-state index contributed by atoms with van der Waals surface area (Å²) in [6, 6.07) is 0. The number of hydrogen-bond acceptors (Lipinski definition) is 2. The Bertz CT molecular complexity index is 287. The Kier molecular flexibility index (Phi) is 4.94. The maximum absolute atomic E-state index is 10.7. The summed E-state index contributed by atoms with van der Waals surface area (Å²) in [5, 5.41) is 21.4. The highest BCUT2D eigenvalue weighted by atomic mass is 16.3. The summed E-state index contributed by atoms with van der Waals surface area (Å²) in [5.41, 5.74) is 0. The minimum absolute atomic E-state index is 0.138. The summed E-state index contributed by atoms with van der Waals surface area (Å²) in [6.07, 6.45) is 5.24. The van der Waals surface area contributed by atoms with Gasteiger partial charge in [0.15, 0.2) is 0 Å². The highest BCUT2D eigenvalue weighted by Gasteiger charge is 2.47. The zero-order valence-corrected chi connectivity index (χ0v) is 13.0. The third kappa shape index (κ3) is 3.16. The molecule has 6 atom stereocenters. The van der Waals surface area contributed by atoms with Crippen molar-refractivity contribution < 1.29 is 10.2 Å². The normalized spacial score (nSPS) is 43.6. The Hall–Kier alpha value is -0.0800. The van der Waals surface area contributed by atoms with Crippen molar-refractivity contribution in [1.82, 2.24) is 0 Å². The van der Waals surface area contributed by atoms with Gasteiger partial charge in [-0.2, -0.15) is 0 Å². The number of rotatable bonds is 3. The minimum atomic E-state index is -0.288. The first-order chi connectivity index (χ1) is 8.91. The van der Waals surface area contributed by atoms with Crippen LogP contribution in [0.4, 0.5) is 0 Å². The molecule has 2 N–H and O–H groups in total. The van der Waals surface area contributed by atoms with Crippen molar-refractivity contribution >= 4 is 0 Å². The summed E-state index contributed by atoms with van der Waals surface area (Å²) in [6.45, 7) is 8.87. The van der Waals surface area contributed by atoms with E-state index in [0.717, 1.165) is 19.3 Å². The monoisotopic (exact) mass is 268 g/mol. The van der Waals surface area contributed by atoms with Crippen LogP contribution in [-0.2, 0) is 0 Å². The van der Waals surface area contributed by atoms with Gasteiger partial charge in [0.2, 0.25) is 0 Å². The molecule has 0 saturated heterocycles. The van der Waals surface area contributed by atoms with E-state index in [2.05, 4.69) is 27.7 Å². The number of hydrogen-bond donors (Lipinski definition) is 2. The second kappa shape index (κ2) is 6.13. The molecule has 2 nitrogen and oxygen atoms in total. The fraction of sp³-hybridized carbons (Fsp3) is 1.00. The van der Waals surface area contributed by atoms with Crippen LogP contribution in [-0.4, -0.2) is 22.4 Å². The van der Waals surface area contributed by atoms with E-state index >= 15 is 0 Å². The van der Waals surface area contributed by atoms with Gasteiger partial charge in [-0.3, -0.25) is 0 Å². The lowest BCUT2D eigenvalue weighted by Crippen LogP contribution is -2.51. The molecule has 0 amide bonds. The lowest BCUT2D eigenvalue weighted by Gasteiger charge is -2.49. The molecule has 0 spiro atoms. The maximum atomic E-state index is 10.7. The van der Waals surface area contributed by atoms with E-state index in [1.54, 1.807) is 0 Å². The van der Waals surface area contributed by atoms with E-state index in [-0.39, 0.29) is 18.1 Å². The van der Waals surface area contributed by atoms with Crippen molar-refractivity contribution in [2.75, 3.05) is 0 Å². The van der Waals surface area contributed by atoms with Crippen LogP contribution in [0, 0.1) is 35.5 Å². The van der Waals surface area contributed by atoms with Crippen molar-refractivity contribution in [2.24, 2.45) is 35.5 Å². The van der Waals surface area contributed by atoms with Crippen LogP contribution >= 0.6 is 0 Å². The standard InChI is InChI=1S/C17H32O2/c1-10(2)9-13-6-5-12-7-8-14(11(3)4)17(19)15(12)16(13)18/h10-19H,5-9H2,1-4H3/t12?,13-,14+,15?,16?,17?/m0/s1. The van der Waals surface area contributed by atoms with Crippen molar-refractivity contribution in [3.05, 3.63) is 0 Å². The second-order valence-corrected chi connectivity index (χ2v) is 7.77. The lowest BCUT2D eigenvalue weighted by molar-refractivity contribution is -0.125. The molecule has 2 aliphatic carbocycles. The summed E-state index contributed by atoms with van der Waals surface area (Å²) < 4.78 is 0. The van der Waals surface area contributed by atoms with Crippen LogP contribution < -0.4 is 0 Å².